The van der Waals surface area contributed by atoms with E-state index in [9.17, 15) is 34.2 Å². The third-order valence-electron chi connectivity index (χ3n) is 7.11. The van der Waals surface area contributed by atoms with Gasteiger partial charge in [-0.1, -0.05) is 5.16 Å². The maximum Gasteiger partial charge on any atom is 0.352 e. The number of likely N-dealkylation sites (tertiary alicyclic amines) is 1. The molecule has 0 radical (unpaired) electrons. The average Bonchev–Trinajstić information content (AvgIpc) is 3.47. The molecule has 216 valence electrons. The van der Waals surface area contributed by atoms with E-state index in [1.54, 1.807) is 21.1 Å². The van der Waals surface area contributed by atoms with Gasteiger partial charge in [0.2, 0.25) is 5.91 Å². The van der Waals surface area contributed by atoms with E-state index in [2.05, 4.69) is 15.5 Å². The number of nitrogen functional groups attached to an aromatic ring is 1. The highest BCUT2D eigenvalue weighted by Gasteiger charge is 2.56. The molecule has 0 aliphatic carbocycles. The third-order valence-corrected chi connectivity index (χ3v) is 9.12. The lowest BCUT2D eigenvalue weighted by Crippen LogP contribution is -2.71. The number of nitrogens with zero attached hydrogens (tertiary/aromatic N) is 5. The summed E-state index contributed by atoms with van der Waals surface area (Å²) in [6.07, 6.45) is 0. The molecule has 4 heterocycles. The average molecular weight is 597 g/mol. The van der Waals surface area contributed by atoms with Crippen molar-refractivity contribution in [3.05, 3.63) is 22.3 Å². The lowest BCUT2D eigenvalue weighted by atomic mass is 9.95. The number of amides is 3. The number of fused-ring (bicyclic) bond motifs is 1. The molecular formula is C23H30N7O8S2+. The molecule has 17 heteroatoms. The molecule has 2 fully saturated rings. The summed E-state index contributed by atoms with van der Waals surface area (Å²) in [7, 11) is 6.16. The van der Waals surface area contributed by atoms with Crippen molar-refractivity contribution in [3.8, 4) is 0 Å². The number of thiazole rings is 1. The van der Waals surface area contributed by atoms with Gasteiger partial charge in [-0.05, 0) is 0 Å². The van der Waals surface area contributed by atoms with E-state index in [0.29, 0.717) is 5.57 Å². The summed E-state index contributed by atoms with van der Waals surface area (Å²) in [4.78, 5) is 74.4. The van der Waals surface area contributed by atoms with Gasteiger partial charge < -0.3 is 35.5 Å². The van der Waals surface area contributed by atoms with Crippen molar-refractivity contribution in [3.63, 3.8) is 0 Å². The Labute approximate surface area is 237 Å². The van der Waals surface area contributed by atoms with E-state index in [4.69, 9.17) is 10.6 Å². The number of carboxylic acids is 2. The van der Waals surface area contributed by atoms with Gasteiger partial charge in [-0.2, -0.15) is 0 Å². The van der Waals surface area contributed by atoms with Crippen molar-refractivity contribution >= 4 is 63.6 Å². The predicted molar refractivity (Wildman–Crippen MR) is 144 cm³/mol. The number of oxime groups is 1. The van der Waals surface area contributed by atoms with Crippen molar-refractivity contribution in [2.75, 3.05) is 59.4 Å². The Balaban J connectivity index is 1.54. The third kappa shape index (κ3) is 5.35. The maximum absolute atomic E-state index is 13.2. The number of carboxylic acid groups (broad SMARTS) is 2. The van der Waals surface area contributed by atoms with Crippen molar-refractivity contribution in [2.24, 2.45) is 17.0 Å². The second-order valence-electron chi connectivity index (χ2n) is 10.2. The minimum Gasteiger partial charge on any atom is -0.481 e. The molecule has 15 nitrogen and oxygen atoms in total. The quantitative estimate of drug-likeness (QED) is 0.114. The van der Waals surface area contributed by atoms with Crippen LogP contribution in [0.3, 0.4) is 0 Å². The Morgan fingerprint density at radius 1 is 1.27 bits per heavy atom. The Morgan fingerprint density at radius 2 is 1.95 bits per heavy atom. The number of hydrogen-bond donors (Lipinski definition) is 4. The first kappa shape index (κ1) is 29.3. The van der Waals surface area contributed by atoms with Gasteiger partial charge in [0.05, 0.1) is 20.1 Å². The fraction of sp³-hybridized carbons (Fsp3) is 0.522. The number of quaternary nitrogens is 1. The number of hydrogen-bond acceptors (Lipinski definition) is 11. The lowest BCUT2D eigenvalue weighted by Gasteiger charge is -2.49. The number of β-lactam (4-membered cyclic amide) rings is 1. The van der Waals surface area contributed by atoms with Crippen LogP contribution in [-0.2, 0) is 28.8 Å². The van der Waals surface area contributed by atoms with Gasteiger partial charge in [0.15, 0.2) is 10.8 Å². The summed E-state index contributed by atoms with van der Waals surface area (Å²) in [5, 5.41) is 27.2. The molecule has 3 amide bonds. The van der Waals surface area contributed by atoms with Crippen molar-refractivity contribution in [1.82, 2.24) is 20.1 Å². The van der Waals surface area contributed by atoms with Gasteiger partial charge in [0, 0.05) is 30.8 Å². The molecule has 0 saturated carbocycles. The fourth-order valence-corrected chi connectivity index (χ4v) is 7.29. The van der Waals surface area contributed by atoms with Crippen LogP contribution in [0.2, 0.25) is 0 Å². The molecule has 5 N–H and O–H groups in total. The number of aliphatic carboxylic acids is 2. The van der Waals surface area contributed by atoms with E-state index >= 15 is 0 Å². The Kier molecular flexibility index (Phi) is 8.09. The Hall–Kier alpha value is -3.70. The van der Waals surface area contributed by atoms with Gasteiger partial charge in [-0.15, -0.1) is 23.1 Å². The van der Waals surface area contributed by atoms with Crippen LogP contribution in [0.5, 0.6) is 0 Å². The van der Waals surface area contributed by atoms with Gasteiger partial charge in [0.1, 0.15) is 48.3 Å². The Morgan fingerprint density at radius 3 is 2.50 bits per heavy atom. The molecule has 40 heavy (non-hydrogen) atoms. The topological polar surface area (TPSA) is 205 Å². The number of carbonyl (C=O) groups excluding carboxylic acids is 3. The maximum atomic E-state index is 13.2. The van der Waals surface area contributed by atoms with Crippen LogP contribution in [0.25, 0.3) is 0 Å². The number of carbonyl (C=O) groups is 5. The Bertz CT molecular complexity index is 1330. The van der Waals surface area contributed by atoms with Crippen LogP contribution in [0, 0.1) is 11.8 Å². The van der Waals surface area contributed by atoms with Gasteiger partial charge in [-0.3, -0.25) is 24.1 Å². The van der Waals surface area contributed by atoms with Crippen LogP contribution in [-0.4, -0.2) is 130 Å². The molecule has 5 atom stereocenters. The molecule has 2 saturated heterocycles. The van der Waals surface area contributed by atoms with E-state index in [1.165, 1.54) is 29.2 Å². The fourth-order valence-electron chi connectivity index (χ4n) is 5.41. The standard InChI is InChI=1S/C23H29N7O8S2/c1-28(2)18(32)11-6-30(3,7-12(11)21(34)35)5-10-8-39-20-15(19(33)29(20)16(10)22(36)37)26-17(31)14(27-38-4)13-9-40-23(24)25-13/h9,11-12,15,20H,5-8H2,1-4H3,(H4-,24,25,26,31,34,35,36,37)/p+1/b27-14-/t11?,12?,15-,20-,30?/m1/s1. The highest BCUT2D eigenvalue weighted by molar-refractivity contribution is 8.00. The SMILES string of the molecule is CO/N=C(\C(=O)N[C@@H]1C(=O)N2C(C(=O)O)=C(C[N+]3(C)CC(C(=O)O)C(C(=O)N(C)C)C3)CS[C@H]12)c1csc(N)n1. The summed E-state index contributed by atoms with van der Waals surface area (Å²) in [6, 6.07) is -1.01. The molecule has 4 rings (SSSR count). The second kappa shape index (κ2) is 11.1. The first-order valence-electron chi connectivity index (χ1n) is 12.1. The predicted octanol–water partition coefficient (Wildman–Crippen LogP) is -1.32. The lowest BCUT2D eigenvalue weighted by molar-refractivity contribution is -0.894. The second-order valence-corrected chi connectivity index (χ2v) is 12.2. The van der Waals surface area contributed by atoms with Gasteiger partial charge in [-0.25, -0.2) is 9.78 Å². The molecule has 0 bridgehead atoms. The molecule has 0 spiro atoms. The summed E-state index contributed by atoms with van der Waals surface area (Å²) in [6.45, 7) is 0.506. The number of nitrogens with two attached hydrogens (primary N) is 1. The van der Waals surface area contributed by atoms with Crippen molar-refractivity contribution in [1.29, 1.82) is 0 Å². The number of anilines is 1. The van der Waals surface area contributed by atoms with Crippen LogP contribution < -0.4 is 11.1 Å². The summed E-state index contributed by atoms with van der Waals surface area (Å²) < 4.78 is 0.133. The largest absolute Gasteiger partial charge is 0.481 e. The van der Waals surface area contributed by atoms with Crippen LogP contribution in [0.1, 0.15) is 5.69 Å². The first-order valence-corrected chi connectivity index (χ1v) is 14.0. The van der Waals surface area contributed by atoms with Gasteiger partial charge >= 0.3 is 11.9 Å². The molecule has 3 unspecified atom stereocenters. The number of rotatable bonds is 9. The summed E-state index contributed by atoms with van der Waals surface area (Å²) >= 11 is 2.38. The highest BCUT2D eigenvalue weighted by Crippen LogP contribution is 2.42. The van der Waals surface area contributed by atoms with E-state index < -0.39 is 47.0 Å². The molecule has 3 aliphatic heterocycles. The van der Waals surface area contributed by atoms with Crippen molar-refractivity contribution < 1.29 is 43.5 Å². The summed E-state index contributed by atoms with van der Waals surface area (Å²) in [5.41, 5.74) is 5.90. The zero-order valence-corrected chi connectivity index (χ0v) is 23.8. The normalized spacial score (nSPS) is 28.1. The highest BCUT2D eigenvalue weighted by atomic mass is 32.2. The number of likely N-dealkylation sites (N-methyl/N-ethyl adjacent to an activating group) is 1. The van der Waals surface area contributed by atoms with Crippen LogP contribution in [0.4, 0.5) is 5.13 Å². The molecular weight excluding hydrogens is 566 g/mol. The van der Waals surface area contributed by atoms with Crippen LogP contribution in [0.15, 0.2) is 21.8 Å². The number of nitrogens with one attached hydrogen (secondary N) is 1. The van der Waals surface area contributed by atoms with E-state index in [1.807, 2.05) is 0 Å². The summed E-state index contributed by atoms with van der Waals surface area (Å²) in [5.74, 6) is -5.46. The monoisotopic (exact) mass is 596 g/mol. The first-order chi connectivity index (χ1) is 18.8. The van der Waals surface area contributed by atoms with E-state index in [-0.39, 0.29) is 58.0 Å². The van der Waals surface area contributed by atoms with E-state index in [0.717, 1.165) is 16.2 Å². The zero-order valence-electron chi connectivity index (χ0n) is 22.2. The number of thioether (sulfide) groups is 1. The molecule has 0 aromatic carbocycles. The number of aromatic nitrogens is 1. The zero-order chi connectivity index (χ0) is 29.5. The molecule has 3 aliphatic rings. The minimum absolute atomic E-state index is 0.133. The van der Waals surface area contributed by atoms with Crippen molar-refractivity contribution in [2.45, 2.75) is 11.4 Å². The minimum atomic E-state index is -1.31. The molecule has 1 aromatic heterocycles. The van der Waals surface area contributed by atoms with Gasteiger partial charge in [0.25, 0.3) is 11.8 Å². The van der Waals surface area contributed by atoms with Crippen LogP contribution >= 0.6 is 23.1 Å². The molecule has 1 aromatic rings. The smallest absolute Gasteiger partial charge is 0.352 e.